The Morgan fingerprint density at radius 1 is 0.541 bits per heavy atom. The molecule has 0 saturated carbocycles. The molecule has 0 atom stereocenters. The van der Waals surface area contributed by atoms with Crippen molar-refractivity contribution in [2.45, 2.75) is 41.5 Å². The molecule has 6 rings (SSSR count). The Bertz CT molecular complexity index is 1740. The third-order valence-corrected chi connectivity index (χ3v) is 7.39. The van der Waals surface area contributed by atoms with Crippen molar-refractivity contribution < 1.29 is 9.59 Å². The zero-order chi connectivity index (χ0) is 26.3. The number of hydrogen-bond acceptors (Lipinski definition) is 2. The van der Waals surface area contributed by atoms with Crippen LogP contribution in [0.15, 0.2) is 78.9 Å². The van der Waals surface area contributed by atoms with Crippen molar-refractivity contribution >= 4 is 49.7 Å². The van der Waals surface area contributed by atoms with E-state index in [0.29, 0.717) is 11.1 Å². The Morgan fingerprint density at radius 2 is 1.00 bits per heavy atom. The van der Waals surface area contributed by atoms with Gasteiger partial charge in [0.1, 0.15) is 0 Å². The summed E-state index contributed by atoms with van der Waals surface area (Å²) in [6.07, 6.45) is 0. The molecule has 0 bridgehead atoms. The fraction of sp³-hybridized carbons (Fsp3) is 0.235. The SMILES string of the molecule is CC(C)(C)C(=O)c1ccc2c3cc(-c4ccccc4)cc4c5ccc(C(=O)C(C)(C)C)cc5n(c2c1)c34. The molecule has 3 nitrogen and oxygen atoms in total. The largest absolute Gasteiger partial charge is 0.308 e. The van der Waals surface area contributed by atoms with Gasteiger partial charge >= 0.3 is 0 Å². The number of fused-ring (bicyclic) bond motifs is 6. The summed E-state index contributed by atoms with van der Waals surface area (Å²) in [5.41, 5.74) is 5.91. The van der Waals surface area contributed by atoms with Crippen LogP contribution in [0, 0.1) is 10.8 Å². The first-order valence-electron chi connectivity index (χ1n) is 12.9. The highest BCUT2D eigenvalue weighted by molar-refractivity contribution is 6.25. The molecule has 0 aliphatic carbocycles. The maximum atomic E-state index is 13.2. The van der Waals surface area contributed by atoms with Crippen molar-refractivity contribution in [3.8, 4) is 11.1 Å². The fourth-order valence-electron chi connectivity index (χ4n) is 5.49. The van der Waals surface area contributed by atoms with Crippen molar-refractivity contribution in [1.82, 2.24) is 4.40 Å². The smallest absolute Gasteiger partial charge is 0.168 e. The molecule has 6 aromatic rings. The molecule has 2 heterocycles. The lowest BCUT2D eigenvalue weighted by atomic mass is 9.86. The number of benzene rings is 4. The topological polar surface area (TPSA) is 38.5 Å². The second kappa shape index (κ2) is 7.76. The molecule has 0 spiro atoms. The Hall–Kier alpha value is -3.98. The summed E-state index contributed by atoms with van der Waals surface area (Å²) in [5.74, 6) is 0.236. The van der Waals surface area contributed by atoms with Crippen LogP contribution >= 0.6 is 0 Å². The normalized spacial score (nSPS) is 12.8. The zero-order valence-corrected chi connectivity index (χ0v) is 22.3. The highest BCUT2D eigenvalue weighted by Crippen LogP contribution is 2.42. The van der Waals surface area contributed by atoms with Crippen LogP contribution in [0.1, 0.15) is 62.3 Å². The van der Waals surface area contributed by atoms with Gasteiger partial charge in [-0.3, -0.25) is 9.59 Å². The van der Waals surface area contributed by atoms with Crippen molar-refractivity contribution in [3.05, 3.63) is 90.0 Å². The predicted molar refractivity (Wildman–Crippen MR) is 154 cm³/mol. The van der Waals surface area contributed by atoms with E-state index in [4.69, 9.17) is 0 Å². The second-order valence-corrected chi connectivity index (χ2v) is 12.2. The quantitative estimate of drug-likeness (QED) is 0.235. The van der Waals surface area contributed by atoms with Gasteiger partial charge in [-0.05, 0) is 35.4 Å². The lowest BCUT2D eigenvalue weighted by Gasteiger charge is -2.17. The van der Waals surface area contributed by atoms with E-state index >= 15 is 0 Å². The van der Waals surface area contributed by atoms with Gasteiger partial charge in [-0.25, -0.2) is 0 Å². The maximum Gasteiger partial charge on any atom is 0.168 e. The highest BCUT2D eigenvalue weighted by Gasteiger charge is 2.27. The summed E-state index contributed by atoms with van der Waals surface area (Å²) in [7, 11) is 0. The molecule has 0 amide bonds. The fourth-order valence-corrected chi connectivity index (χ4v) is 5.49. The van der Waals surface area contributed by atoms with Crippen LogP contribution in [0.5, 0.6) is 0 Å². The highest BCUT2D eigenvalue weighted by atomic mass is 16.1. The number of ketones is 2. The molecule has 0 aliphatic rings. The first kappa shape index (κ1) is 23.4. The maximum absolute atomic E-state index is 13.2. The van der Waals surface area contributed by atoms with E-state index in [1.165, 1.54) is 0 Å². The molecule has 0 radical (unpaired) electrons. The van der Waals surface area contributed by atoms with Gasteiger partial charge in [-0.1, -0.05) is 96.1 Å². The predicted octanol–water partition coefficient (Wildman–Crippen LogP) is 8.96. The summed E-state index contributed by atoms with van der Waals surface area (Å²) >= 11 is 0. The number of rotatable bonds is 3. The van der Waals surface area contributed by atoms with Gasteiger partial charge in [0, 0.05) is 43.5 Å². The lowest BCUT2D eigenvalue weighted by molar-refractivity contribution is 0.0852. The average molecular weight is 486 g/mol. The molecule has 3 heteroatoms. The molecule has 0 fully saturated rings. The van der Waals surface area contributed by atoms with E-state index in [0.717, 1.165) is 49.2 Å². The van der Waals surface area contributed by atoms with Gasteiger partial charge in [0.2, 0.25) is 0 Å². The summed E-state index contributed by atoms with van der Waals surface area (Å²) in [6.45, 7) is 11.7. The Morgan fingerprint density at radius 3 is 1.43 bits per heavy atom. The zero-order valence-electron chi connectivity index (χ0n) is 22.3. The molecule has 37 heavy (non-hydrogen) atoms. The Labute approximate surface area is 217 Å². The number of Topliss-reactive ketones (excluding diaryl/α,β-unsaturated/α-hetero) is 2. The summed E-state index contributed by atoms with van der Waals surface area (Å²) in [5, 5.41) is 4.53. The number of carbonyl (C=O) groups excluding carboxylic acids is 2. The molecule has 184 valence electrons. The van der Waals surface area contributed by atoms with Gasteiger partial charge in [0.05, 0.1) is 16.6 Å². The average Bonchev–Trinajstić information content (AvgIpc) is 3.37. The van der Waals surface area contributed by atoms with E-state index in [-0.39, 0.29) is 11.6 Å². The molecule has 0 saturated heterocycles. The van der Waals surface area contributed by atoms with Crippen LogP contribution in [-0.4, -0.2) is 16.0 Å². The van der Waals surface area contributed by atoms with Crippen LogP contribution in [0.3, 0.4) is 0 Å². The standard InChI is InChI=1S/C34H31NO2/c1-33(2,3)31(36)21-12-14-24-26-16-23(20-10-8-7-9-11-20)17-27-25-15-13-22(32(37)34(4,5)6)19-29(25)35(30(26)27)28(24)18-21/h7-19H,1-6H3. The third kappa shape index (κ3) is 3.56. The van der Waals surface area contributed by atoms with Crippen molar-refractivity contribution in [3.63, 3.8) is 0 Å². The van der Waals surface area contributed by atoms with Gasteiger partial charge in [0.25, 0.3) is 0 Å². The molecule has 2 aromatic heterocycles. The van der Waals surface area contributed by atoms with Gasteiger partial charge in [-0.2, -0.15) is 0 Å². The van der Waals surface area contributed by atoms with Crippen molar-refractivity contribution in [2.24, 2.45) is 10.8 Å². The van der Waals surface area contributed by atoms with E-state index in [9.17, 15) is 9.59 Å². The van der Waals surface area contributed by atoms with Crippen molar-refractivity contribution in [2.75, 3.05) is 0 Å². The van der Waals surface area contributed by atoms with Crippen molar-refractivity contribution in [1.29, 1.82) is 0 Å². The second-order valence-electron chi connectivity index (χ2n) is 12.2. The molecule has 4 aromatic carbocycles. The van der Waals surface area contributed by atoms with Gasteiger partial charge < -0.3 is 4.40 Å². The van der Waals surface area contributed by atoms with E-state index in [1.54, 1.807) is 0 Å². The minimum absolute atomic E-state index is 0.118. The molecular weight excluding hydrogens is 454 g/mol. The molecule has 0 unspecified atom stereocenters. The van der Waals surface area contributed by atoms with E-state index < -0.39 is 10.8 Å². The Kier molecular flexibility index (Phi) is 4.91. The van der Waals surface area contributed by atoms with E-state index in [1.807, 2.05) is 71.9 Å². The number of nitrogens with zero attached hydrogens (tertiary/aromatic N) is 1. The van der Waals surface area contributed by atoms with E-state index in [2.05, 4.69) is 52.9 Å². The number of carbonyl (C=O) groups is 2. The summed E-state index contributed by atoms with van der Waals surface area (Å²) < 4.78 is 2.25. The van der Waals surface area contributed by atoms with Crippen LogP contribution in [-0.2, 0) is 0 Å². The van der Waals surface area contributed by atoms with Gasteiger partial charge in [0.15, 0.2) is 11.6 Å². The molecular formula is C34H31NO2. The van der Waals surface area contributed by atoms with Crippen LogP contribution < -0.4 is 0 Å². The number of hydrogen-bond donors (Lipinski definition) is 0. The minimum Gasteiger partial charge on any atom is -0.308 e. The summed E-state index contributed by atoms with van der Waals surface area (Å²) in [4.78, 5) is 26.4. The first-order chi connectivity index (χ1) is 17.4. The van der Waals surface area contributed by atoms with Crippen LogP contribution in [0.2, 0.25) is 0 Å². The van der Waals surface area contributed by atoms with Crippen LogP contribution in [0.4, 0.5) is 0 Å². The first-order valence-corrected chi connectivity index (χ1v) is 12.9. The number of aromatic nitrogens is 1. The minimum atomic E-state index is -0.472. The lowest BCUT2D eigenvalue weighted by Crippen LogP contribution is -2.20. The molecule has 0 aliphatic heterocycles. The van der Waals surface area contributed by atoms with Gasteiger partial charge in [-0.15, -0.1) is 0 Å². The Balaban J connectivity index is 1.75. The monoisotopic (exact) mass is 485 g/mol. The third-order valence-electron chi connectivity index (χ3n) is 7.39. The summed E-state index contributed by atoms with van der Waals surface area (Å²) in [6, 6.07) is 27.1. The molecule has 0 N–H and O–H groups in total. The van der Waals surface area contributed by atoms with Crippen LogP contribution in [0.25, 0.3) is 49.2 Å².